The minimum absolute atomic E-state index is 0.0243. The molecular formula is C53H95N20O10+3. The maximum atomic E-state index is 14.7. The molecule has 10 amide bonds. The Morgan fingerprint density at radius 1 is 0.422 bits per heavy atom. The number of nitrogens with one attached hydrogen (secondary N) is 7. The van der Waals surface area contributed by atoms with Crippen molar-refractivity contribution in [3.05, 3.63) is 0 Å². The summed E-state index contributed by atoms with van der Waals surface area (Å²) in [5.41, 5.74) is 45.1. The third-order valence-corrected chi connectivity index (χ3v) is 16.3. The monoisotopic (exact) mass is 1170 g/mol. The van der Waals surface area contributed by atoms with Crippen molar-refractivity contribution in [3.63, 3.8) is 0 Å². The lowest BCUT2D eigenvalue weighted by atomic mass is 10.0. The minimum Gasteiger partial charge on any atom is -0.368 e. The van der Waals surface area contributed by atoms with Gasteiger partial charge in [-0.05, 0) is 115 Å². The van der Waals surface area contributed by atoms with Crippen LogP contribution < -0.4 is 82.1 Å². The number of carbonyl (C=O) groups excluding carboxylic acids is 10. The fraction of sp³-hybridized carbons (Fsp3) is 0.755. The summed E-state index contributed by atoms with van der Waals surface area (Å²) in [7, 11) is 0. The van der Waals surface area contributed by atoms with Gasteiger partial charge in [0.05, 0.1) is 25.7 Å². The smallest absolute Gasteiger partial charge is 0.338 e. The van der Waals surface area contributed by atoms with Crippen LogP contribution in [-0.2, 0) is 47.9 Å². The van der Waals surface area contributed by atoms with E-state index in [-0.39, 0.29) is 126 Å². The molecule has 23 N–H and O–H groups in total. The van der Waals surface area contributed by atoms with Crippen LogP contribution in [0, 0.1) is 11.8 Å². The average Bonchev–Trinajstić information content (AvgIpc) is 4.16. The predicted octanol–water partition coefficient (Wildman–Crippen LogP) is -10.6. The second-order valence-corrected chi connectivity index (χ2v) is 23.1. The van der Waals surface area contributed by atoms with Gasteiger partial charge >= 0.3 is 17.9 Å². The van der Waals surface area contributed by atoms with Gasteiger partial charge in [-0.25, -0.2) is 0 Å². The molecule has 83 heavy (non-hydrogen) atoms. The lowest BCUT2D eigenvalue weighted by Crippen LogP contribution is -2.78. The van der Waals surface area contributed by atoms with E-state index < -0.39 is 108 Å². The number of nitrogens with two attached hydrogens (primary N) is 8. The highest BCUT2D eigenvalue weighted by Gasteiger charge is 2.48. The molecular weight excluding hydrogens is 1080 g/mol. The van der Waals surface area contributed by atoms with Crippen LogP contribution in [0.3, 0.4) is 0 Å². The van der Waals surface area contributed by atoms with Gasteiger partial charge < -0.3 is 57.2 Å². The van der Waals surface area contributed by atoms with Crippen molar-refractivity contribution in [2.24, 2.45) is 57.7 Å². The number of carbonyl (C=O) groups is 10. The number of likely N-dealkylation sites (tertiary alicyclic amines) is 5. The zero-order valence-corrected chi connectivity index (χ0v) is 48.8. The molecule has 10 atom stereocenters. The van der Waals surface area contributed by atoms with E-state index >= 15 is 0 Å². The number of nitrogens with zero attached hydrogens (tertiary/aromatic N) is 5. The van der Waals surface area contributed by atoms with Gasteiger partial charge in [-0.3, -0.25) is 97.3 Å². The van der Waals surface area contributed by atoms with Crippen molar-refractivity contribution in [1.29, 1.82) is 0 Å². The van der Waals surface area contributed by atoms with Crippen molar-refractivity contribution in [2.75, 3.05) is 52.4 Å². The van der Waals surface area contributed by atoms with Gasteiger partial charge in [-0.2, -0.15) is 0 Å². The van der Waals surface area contributed by atoms with E-state index in [0.717, 1.165) is 0 Å². The molecule has 0 spiro atoms. The Hall–Kier alpha value is -7.53. The van der Waals surface area contributed by atoms with Crippen LogP contribution >= 0.6 is 0 Å². The Kier molecular flexibility index (Phi) is 24.9. The summed E-state index contributed by atoms with van der Waals surface area (Å²) in [6.07, 6.45) is 5.41. The SMILES string of the molecule is CC(C)[C@H](N)C(=O)N1CCC[C@H]1C(=O)N1CCC[C@H]1C(=O)N1CCC[C@H]1C(=O)N[C@H](C(=O)N1CCC[C@H]1C(=O)N1CCC[C@H]1C(=O)N[C@@H](CCC[NH+]=C(N)N)C(=O)N[C@@H](CCC[NH+]=C(N)N)C(=O)N[C@@H](CCC[NH+]=C(N)N)C(N)=O)C(C)C. The van der Waals surface area contributed by atoms with Crippen LogP contribution in [-0.4, -0.2) is 214 Å². The highest BCUT2D eigenvalue weighted by Crippen LogP contribution is 2.31. The standard InChI is InChI=1S/C53H92N20O10/c1-29(2)39(54)49(82)72-27-11-19-37(72)48(81)71-26-10-18-36(71)46(79)70-25-9-17-35(70)45(78)68-40(30(3)4)50(83)73-28-12-20-38(73)47(80)69-24-8-16-34(69)44(77)67-33(15-7-23-64-53(60)61)43(76)66-32(14-6-22-63-52(58)59)42(75)65-31(41(55)74)13-5-21-62-51(56)57/h29-40H,5-28,54H2,1-4H3,(H2,55,74)(H,65,75)(H,66,76)(H,67,77)(H,68,78)(H4,56,57,62)(H4,58,59,63)(H4,60,61,64)/p+3/t31-,32-,33-,34-,35-,36-,37-,38-,39-,40-/m0/s1. The highest BCUT2D eigenvalue weighted by molar-refractivity contribution is 5.99. The Balaban J connectivity index is 1.27. The average molecular weight is 1170 g/mol. The first-order chi connectivity index (χ1) is 39.3. The molecule has 5 aliphatic heterocycles. The predicted molar refractivity (Wildman–Crippen MR) is 304 cm³/mol. The zero-order valence-electron chi connectivity index (χ0n) is 48.8. The third-order valence-electron chi connectivity index (χ3n) is 16.3. The van der Waals surface area contributed by atoms with Crippen molar-refractivity contribution < 1.29 is 62.9 Å². The maximum Gasteiger partial charge on any atom is 0.338 e. The normalized spacial score (nSPS) is 22.3. The van der Waals surface area contributed by atoms with E-state index in [9.17, 15) is 47.9 Å². The second kappa shape index (κ2) is 31.2. The molecule has 0 aromatic carbocycles. The van der Waals surface area contributed by atoms with Gasteiger partial charge in [0.25, 0.3) is 0 Å². The van der Waals surface area contributed by atoms with Crippen molar-refractivity contribution in [3.8, 4) is 0 Å². The largest absolute Gasteiger partial charge is 0.368 e. The van der Waals surface area contributed by atoms with Crippen LogP contribution in [0.2, 0.25) is 0 Å². The molecule has 0 aliphatic carbocycles. The van der Waals surface area contributed by atoms with Gasteiger partial charge in [-0.15, -0.1) is 0 Å². The maximum absolute atomic E-state index is 14.7. The Labute approximate surface area is 485 Å². The molecule has 30 heteroatoms. The lowest BCUT2D eigenvalue weighted by Gasteiger charge is -2.36. The van der Waals surface area contributed by atoms with E-state index in [1.807, 2.05) is 13.8 Å². The first-order valence-corrected chi connectivity index (χ1v) is 29.5. The van der Waals surface area contributed by atoms with Crippen molar-refractivity contribution in [2.45, 2.75) is 191 Å². The summed E-state index contributed by atoms with van der Waals surface area (Å²) in [4.78, 5) is 156. The molecule has 30 nitrogen and oxygen atoms in total. The molecule has 5 rings (SSSR count). The molecule has 5 saturated heterocycles. The molecule has 5 aliphatic rings. The molecule has 0 saturated carbocycles. The summed E-state index contributed by atoms with van der Waals surface area (Å²) >= 11 is 0. The molecule has 0 aromatic rings. The molecule has 5 fully saturated rings. The third kappa shape index (κ3) is 18.0. The fourth-order valence-corrected chi connectivity index (χ4v) is 11.7. The number of hydrogen-bond acceptors (Lipinski definition) is 11. The van der Waals surface area contributed by atoms with Crippen LogP contribution in [0.4, 0.5) is 0 Å². The number of primary amides is 1. The molecule has 464 valence electrons. The van der Waals surface area contributed by atoms with Gasteiger partial charge in [0.2, 0.25) is 59.1 Å². The summed E-state index contributed by atoms with van der Waals surface area (Å²) in [5, 5.41) is 11.1. The minimum atomic E-state index is -1.25. The summed E-state index contributed by atoms with van der Waals surface area (Å²) < 4.78 is 0. The molecule has 0 aromatic heterocycles. The molecule has 0 bridgehead atoms. The topological polar surface area (TPSA) is 485 Å². The van der Waals surface area contributed by atoms with E-state index in [1.54, 1.807) is 23.6 Å². The Morgan fingerprint density at radius 3 is 1.13 bits per heavy atom. The number of hydrogen-bond donors (Lipinski definition) is 15. The quantitative estimate of drug-likeness (QED) is 0.0197. The first kappa shape index (κ1) is 66.3. The second-order valence-electron chi connectivity index (χ2n) is 23.1. The van der Waals surface area contributed by atoms with Crippen LogP contribution in [0.5, 0.6) is 0 Å². The molecule has 0 unspecified atom stereocenters. The van der Waals surface area contributed by atoms with Crippen LogP contribution in [0.1, 0.15) is 130 Å². The van der Waals surface area contributed by atoms with Gasteiger partial charge in [0, 0.05) is 32.7 Å². The summed E-state index contributed by atoms with van der Waals surface area (Å²) in [6, 6.07) is -9.94. The summed E-state index contributed by atoms with van der Waals surface area (Å²) in [5.74, 6) is -6.09. The zero-order chi connectivity index (χ0) is 61.2. The van der Waals surface area contributed by atoms with Crippen molar-refractivity contribution in [1.82, 2.24) is 45.8 Å². The van der Waals surface area contributed by atoms with E-state index in [1.165, 1.54) is 14.7 Å². The first-order valence-electron chi connectivity index (χ1n) is 29.5. The number of guanidine groups is 3. The van der Waals surface area contributed by atoms with Crippen LogP contribution in [0.25, 0.3) is 0 Å². The Bertz CT molecular complexity index is 2430. The molecule has 0 radical (unpaired) electrons. The number of rotatable bonds is 28. The molecule has 5 heterocycles. The van der Waals surface area contributed by atoms with Crippen LogP contribution in [0.15, 0.2) is 0 Å². The fourth-order valence-electron chi connectivity index (χ4n) is 11.7. The lowest BCUT2D eigenvalue weighted by molar-refractivity contribution is -0.460. The summed E-state index contributed by atoms with van der Waals surface area (Å²) in [6.45, 7) is 9.36. The van der Waals surface area contributed by atoms with Gasteiger partial charge in [0.15, 0.2) is 0 Å². The van der Waals surface area contributed by atoms with E-state index in [4.69, 9.17) is 45.9 Å². The van der Waals surface area contributed by atoms with E-state index in [0.29, 0.717) is 70.9 Å². The van der Waals surface area contributed by atoms with E-state index in [2.05, 4.69) is 36.2 Å². The van der Waals surface area contributed by atoms with Gasteiger partial charge in [-0.1, -0.05) is 27.7 Å². The van der Waals surface area contributed by atoms with Gasteiger partial charge in [0.1, 0.15) is 54.4 Å². The number of amides is 10. The van der Waals surface area contributed by atoms with Crippen molar-refractivity contribution >= 4 is 77.0 Å². The highest BCUT2D eigenvalue weighted by atomic mass is 16.2. The Morgan fingerprint density at radius 2 is 0.747 bits per heavy atom.